The largest absolute Gasteiger partial charge is 0.319 e. The molecule has 1 unspecified atom stereocenters. The summed E-state index contributed by atoms with van der Waals surface area (Å²) in [7, 11) is 0. The summed E-state index contributed by atoms with van der Waals surface area (Å²) < 4.78 is 2.27. The van der Waals surface area contributed by atoms with Gasteiger partial charge in [0.25, 0.3) is 0 Å². The van der Waals surface area contributed by atoms with Crippen LogP contribution in [0, 0.1) is 0 Å². The summed E-state index contributed by atoms with van der Waals surface area (Å²) >= 11 is 0. The van der Waals surface area contributed by atoms with E-state index in [-0.39, 0.29) is 5.54 Å². The van der Waals surface area contributed by atoms with Gasteiger partial charge in [0.2, 0.25) is 0 Å². The second-order valence-corrected chi connectivity index (χ2v) is 5.55. The highest BCUT2D eigenvalue weighted by Gasteiger charge is 2.34. The Morgan fingerprint density at radius 1 is 1.50 bits per heavy atom. The Bertz CT molecular complexity index is 566. The number of nitrogens with two attached hydrogens (primary N) is 1. The van der Waals surface area contributed by atoms with Crippen LogP contribution < -0.4 is 5.73 Å². The third kappa shape index (κ3) is 1.81. The van der Waals surface area contributed by atoms with Crippen LogP contribution in [0.2, 0.25) is 0 Å². The lowest BCUT2D eigenvalue weighted by Gasteiger charge is -2.24. The molecule has 2 aromatic rings. The second kappa shape index (κ2) is 4.05. The number of pyridine rings is 1. The first-order chi connectivity index (χ1) is 8.63. The lowest BCUT2D eigenvalue weighted by molar-refractivity contribution is 0.401. The molecule has 1 fully saturated rings. The van der Waals surface area contributed by atoms with Gasteiger partial charge in [-0.1, -0.05) is 13.3 Å². The molecular weight excluding hydrogens is 224 g/mol. The molecule has 0 saturated heterocycles. The Morgan fingerprint density at radius 2 is 2.28 bits per heavy atom. The smallest absolute Gasteiger partial charge is 0.160 e. The molecule has 4 heteroatoms. The number of imidazole rings is 1. The average Bonchev–Trinajstić information content (AvgIpc) is 3.09. The van der Waals surface area contributed by atoms with Crippen molar-refractivity contribution >= 4 is 11.2 Å². The average molecular weight is 244 g/mol. The number of fused-ring (bicyclic) bond motifs is 1. The first-order valence-corrected chi connectivity index (χ1v) is 6.76. The maximum Gasteiger partial charge on any atom is 0.160 e. The van der Waals surface area contributed by atoms with E-state index in [1.807, 2.05) is 18.3 Å². The van der Waals surface area contributed by atoms with Crippen LogP contribution in [0.5, 0.6) is 0 Å². The first kappa shape index (κ1) is 11.7. The van der Waals surface area contributed by atoms with Gasteiger partial charge in [-0.2, -0.15) is 0 Å². The second-order valence-electron chi connectivity index (χ2n) is 5.55. The van der Waals surface area contributed by atoms with Crippen molar-refractivity contribution in [1.82, 2.24) is 14.5 Å². The summed E-state index contributed by atoms with van der Waals surface area (Å²) in [5.41, 5.74) is 8.06. The van der Waals surface area contributed by atoms with E-state index in [1.54, 1.807) is 0 Å². The maximum absolute atomic E-state index is 6.47. The zero-order valence-electron chi connectivity index (χ0n) is 11.1. The third-order valence-corrected chi connectivity index (χ3v) is 3.64. The Labute approximate surface area is 107 Å². The Balaban J connectivity index is 2.18. The Hall–Kier alpha value is -1.42. The lowest BCUT2D eigenvalue weighted by Crippen LogP contribution is -2.36. The van der Waals surface area contributed by atoms with Crippen molar-refractivity contribution in [2.24, 2.45) is 5.73 Å². The first-order valence-electron chi connectivity index (χ1n) is 6.76. The molecule has 2 N–H and O–H groups in total. The van der Waals surface area contributed by atoms with Crippen LogP contribution in [0.3, 0.4) is 0 Å². The molecule has 4 nitrogen and oxygen atoms in total. The van der Waals surface area contributed by atoms with Gasteiger partial charge in [0.05, 0.1) is 5.54 Å². The van der Waals surface area contributed by atoms with Gasteiger partial charge in [0.1, 0.15) is 11.3 Å². The molecule has 1 aliphatic rings. The molecule has 0 spiro atoms. The molecule has 96 valence electrons. The minimum atomic E-state index is -0.363. The highest BCUT2D eigenvalue weighted by Crippen LogP contribution is 2.40. The van der Waals surface area contributed by atoms with Crippen molar-refractivity contribution in [1.29, 1.82) is 0 Å². The van der Waals surface area contributed by atoms with Crippen molar-refractivity contribution in [2.75, 3.05) is 0 Å². The minimum Gasteiger partial charge on any atom is -0.319 e. The number of rotatable bonds is 4. The van der Waals surface area contributed by atoms with Gasteiger partial charge in [-0.3, -0.25) is 0 Å². The van der Waals surface area contributed by atoms with Gasteiger partial charge in [-0.05, 0) is 38.3 Å². The number of hydrogen-bond acceptors (Lipinski definition) is 3. The molecule has 1 saturated carbocycles. The molecule has 0 aromatic carbocycles. The minimum absolute atomic E-state index is 0.363. The molecule has 1 atom stereocenters. The van der Waals surface area contributed by atoms with Crippen LogP contribution in [-0.4, -0.2) is 14.5 Å². The van der Waals surface area contributed by atoms with Gasteiger partial charge in [0.15, 0.2) is 5.65 Å². The van der Waals surface area contributed by atoms with Crippen LogP contribution in [0.25, 0.3) is 11.2 Å². The van der Waals surface area contributed by atoms with Gasteiger partial charge in [-0.25, -0.2) is 9.97 Å². The van der Waals surface area contributed by atoms with Gasteiger partial charge in [0, 0.05) is 12.2 Å². The zero-order chi connectivity index (χ0) is 12.8. The van der Waals surface area contributed by atoms with E-state index in [0.29, 0.717) is 6.04 Å². The monoisotopic (exact) mass is 244 g/mol. The van der Waals surface area contributed by atoms with E-state index < -0.39 is 0 Å². The quantitative estimate of drug-likeness (QED) is 0.899. The summed E-state index contributed by atoms with van der Waals surface area (Å²) in [6.45, 7) is 4.24. The summed E-state index contributed by atoms with van der Waals surface area (Å²) in [4.78, 5) is 9.22. The third-order valence-electron chi connectivity index (χ3n) is 3.64. The molecule has 18 heavy (non-hydrogen) atoms. The van der Waals surface area contributed by atoms with E-state index in [9.17, 15) is 0 Å². The van der Waals surface area contributed by atoms with Crippen molar-refractivity contribution in [2.45, 2.75) is 51.1 Å². The standard InChI is InChI=1S/C14H20N4/c1-3-8-14(2,15)13-17-11-5-4-9-16-12(11)18(13)10-6-7-10/h4-5,9-10H,3,6-8,15H2,1-2H3. The lowest BCUT2D eigenvalue weighted by atomic mass is 9.96. The topological polar surface area (TPSA) is 56.7 Å². The summed E-state index contributed by atoms with van der Waals surface area (Å²) in [6.07, 6.45) is 6.28. The molecule has 3 rings (SSSR count). The Kier molecular flexibility index (Phi) is 2.63. The highest BCUT2D eigenvalue weighted by atomic mass is 15.2. The Morgan fingerprint density at radius 3 is 2.94 bits per heavy atom. The molecule has 0 radical (unpaired) electrons. The van der Waals surface area contributed by atoms with E-state index >= 15 is 0 Å². The van der Waals surface area contributed by atoms with Gasteiger partial charge < -0.3 is 10.3 Å². The normalized spacial score (nSPS) is 19.1. The van der Waals surface area contributed by atoms with E-state index in [1.165, 1.54) is 12.8 Å². The molecule has 2 aromatic heterocycles. The van der Waals surface area contributed by atoms with E-state index in [2.05, 4.69) is 23.4 Å². The van der Waals surface area contributed by atoms with Crippen LogP contribution in [-0.2, 0) is 5.54 Å². The summed E-state index contributed by atoms with van der Waals surface area (Å²) in [6, 6.07) is 4.51. The number of nitrogens with zero attached hydrogens (tertiary/aromatic N) is 3. The predicted molar refractivity (Wildman–Crippen MR) is 72.2 cm³/mol. The van der Waals surface area contributed by atoms with Gasteiger partial charge >= 0.3 is 0 Å². The molecule has 0 bridgehead atoms. The predicted octanol–water partition coefficient (Wildman–Crippen LogP) is 2.74. The van der Waals surface area contributed by atoms with Crippen molar-refractivity contribution in [3.8, 4) is 0 Å². The fourth-order valence-corrected chi connectivity index (χ4v) is 2.64. The molecular formula is C14H20N4. The molecule has 0 aliphatic heterocycles. The SMILES string of the molecule is CCCC(C)(N)c1nc2cccnc2n1C1CC1. The van der Waals surface area contributed by atoms with Crippen LogP contribution in [0.4, 0.5) is 0 Å². The summed E-state index contributed by atoms with van der Waals surface area (Å²) in [5, 5.41) is 0. The molecule has 1 aliphatic carbocycles. The van der Waals surface area contributed by atoms with E-state index in [4.69, 9.17) is 10.7 Å². The van der Waals surface area contributed by atoms with Crippen LogP contribution in [0.15, 0.2) is 18.3 Å². The number of aromatic nitrogens is 3. The van der Waals surface area contributed by atoms with Crippen molar-refractivity contribution in [3.05, 3.63) is 24.2 Å². The molecule has 2 heterocycles. The zero-order valence-corrected chi connectivity index (χ0v) is 11.1. The highest BCUT2D eigenvalue weighted by molar-refractivity contribution is 5.71. The molecule has 0 amide bonds. The van der Waals surface area contributed by atoms with Crippen molar-refractivity contribution in [3.63, 3.8) is 0 Å². The summed E-state index contributed by atoms with van der Waals surface area (Å²) in [5.74, 6) is 1.00. The van der Waals surface area contributed by atoms with E-state index in [0.717, 1.165) is 29.8 Å². The van der Waals surface area contributed by atoms with Crippen LogP contribution >= 0.6 is 0 Å². The van der Waals surface area contributed by atoms with Crippen molar-refractivity contribution < 1.29 is 0 Å². The fourth-order valence-electron chi connectivity index (χ4n) is 2.64. The van der Waals surface area contributed by atoms with Crippen LogP contribution in [0.1, 0.15) is 51.4 Å². The maximum atomic E-state index is 6.47. The van der Waals surface area contributed by atoms with Gasteiger partial charge in [-0.15, -0.1) is 0 Å². The number of hydrogen-bond donors (Lipinski definition) is 1. The fraction of sp³-hybridized carbons (Fsp3) is 0.571.